The minimum Gasteiger partial charge on any atom is -0.439 e. The van der Waals surface area contributed by atoms with Crippen molar-refractivity contribution in [1.82, 2.24) is 15.5 Å². The average Bonchev–Trinajstić information content (AvgIpc) is 2.64. The largest absolute Gasteiger partial charge is 0.439 e. The van der Waals surface area contributed by atoms with Crippen molar-refractivity contribution < 1.29 is 18.7 Å². The van der Waals surface area contributed by atoms with Crippen LogP contribution in [0.3, 0.4) is 0 Å². The van der Waals surface area contributed by atoms with E-state index in [1.807, 2.05) is 0 Å². The smallest absolute Gasteiger partial charge is 0.407 e. The summed E-state index contributed by atoms with van der Waals surface area (Å²) in [5, 5.41) is 5.53. The van der Waals surface area contributed by atoms with Crippen molar-refractivity contribution in [2.24, 2.45) is 5.92 Å². The number of alkyl carbamates (subject to hydrolysis) is 1. The van der Waals surface area contributed by atoms with Gasteiger partial charge in [0.15, 0.2) is 6.61 Å². The number of rotatable bonds is 6. The molecule has 6 nitrogen and oxygen atoms in total. The van der Waals surface area contributed by atoms with Crippen LogP contribution in [0.25, 0.3) is 0 Å². The number of benzene rings is 1. The van der Waals surface area contributed by atoms with Crippen LogP contribution >= 0.6 is 11.6 Å². The molecule has 1 aromatic rings. The Hall–Kier alpha value is -1.86. The van der Waals surface area contributed by atoms with Gasteiger partial charge in [0.25, 0.3) is 5.91 Å². The summed E-state index contributed by atoms with van der Waals surface area (Å²) in [4.78, 5) is 24.9. The number of halogens is 2. The summed E-state index contributed by atoms with van der Waals surface area (Å²) in [5.41, 5.74) is 0.919. The molecule has 144 valence electrons. The topological polar surface area (TPSA) is 70.7 Å². The first kappa shape index (κ1) is 20.5. The number of carbonyl (C=O) groups excluding carboxylic acids is 2. The molecule has 1 aromatic carbocycles. The van der Waals surface area contributed by atoms with Crippen molar-refractivity contribution in [3.05, 3.63) is 34.6 Å². The van der Waals surface area contributed by atoms with Crippen LogP contribution in [-0.2, 0) is 9.53 Å². The number of likely N-dealkylation sites (N-methyl/N-ethyl adjacent to an activating group) is 1. The molecular weight excluding hydrogens is 361 g/mol. The first-order valence-corrected chi connectivity index (χ1v) is 9.08. The zero-order valence-corrected chi connectivity index (χ0v) is 15.8. The second-order valence-corrected chi connectivity index (χ2v) is 6.86. The van der Waals surface area contributed by atoms with Crippen molar-refractivity contribution in [2.75, 3.05) is 33.3 Å². The van der Waals surface area contributed by atoms with E-state index in [4.69, 9.17) is 16.3 Å². The monoisotopic (exact) mass is 385 g/mol. The van der Waals surface area contributed by atoms with E-state index in [0.29, 0.717) is 17.5 Å². The van der Waals surface area contributed by atoms with Gasteiger partial charge >= 0.3 is 6.09 Å². The van der Waals surface area contributed by atoms with Crippen molar-refractivity contribution in [1.29, 1.82) is 0 Å². The van der Waals surface area contributed by atoms with Gasteiger partial charge in [0.05, 0.1) is 0 Å². The predicted molar refractivity (Wildman–Crippen MR) is 97.5 cm³/mol. The van der Waals surface area contributed by atoms with Gasteiger partial charge in [-0.25, -0.2) is 9.18 Å². The standard InChI is InChI=1S/C18H25ClFN3O3/c1-12(15-4-3-14(20)9-16(15)19)23-7-5-13(6-8-23)10-22-18(25)26-11-17(24)21-2/h3-4,9,12-13H,5-8,10-11H2,1-2H3,(H,21,24)(H,22,25). The van der Waals surface area contributed by atoms with Gasteiger partial charge in [0.1, 0.15) is 5.82 Å². The van der Waals surface area contributed by atoms with Gasteiger partial charge in [0.2, 0.25) is 0 Å². The highest BCUT2D eigenvalue weighted by Gasteiger charge is 2.25. The molecule has 0 aliphatic carbocycles. The molecule has 26 heavy (non-hydrogen) atoms. The highest BCUT2D eigenvalue weighted by Crippen LogP contribution is 2.31. The van der Waals surface area contributed by atoms with Crippen LogP contribution in [0, 0.1) is 11.7 Å². The summed E-state index contributed by atoms with van der Waals surface area (Å²) >= 11 is 6.16. The Kier molecular flexibility index (Phi) is 7.66. The maximum absolute atomic E-state index is 13.2. The minimum absolute atomic E-state index is 0.106. The zero-order valence-electron chi connectivity index (χ0n) is 15.1. The summed E-state index contributed by atoms with van der Waals surface area (Å²) in [6.07, 6.45) is 1.28. The van der Waals surface area contributed by atoms with E-state index >= 15 is 0 Å². The van der Waals surface area contributed by atoms with E-state index in [2.05, 4.69) is 22.5 Å². The molecule has 1 heterocycles. The Morgan fingerprint density at radius 1 is 1.38 bits per heavy atom. The van der Waals surface area contributed by atoms with Crippen molar-refractivity contribution >= 4 is 23.6 Å². The van der Waals surface area contributed by atoms with E-state index in [0.717, 1.165) is 31.5 Å². The summed E-state index contributed by atoms with van der Waals surface area (Å²) in [6, 6.07) is 4.61. The number of ether oxygens (including phenoxy) is 1. The van der Waals surface area contributed by atoms with Gasteiger partial charge in [-0.2, -0.15) is 0 Å². The van der Waals surface area contributed by atoms with E-state index in [9.17, 15) is 14.0 Å². The highest BCUT2D eigenvalue weighted by atomic mass is 35.5. The fraction of sp³-hybridized carbons (Fsp3) is 0.556. The molecule has 0 radical (unpaired) electrons. The van der Waals surface area contributed by atoms with E-state index in [1.165, 1.54) is 19.2 Å². The molecule has 0 bridgehead atoms. The third-order valence-electron chi connectivity index (χ3n) is 4.76. The fourth-order valence-electron chi connectivity index (χ4n) is 3.06. The summed E-state index contributed by atoms with van der Waals surface area (Å²) in [7, 11) is 1.48. The highest BCUT2D eigenvalue weighted by molar-refractivity contribution is 6.31. The van der Waals surface area contributed by atoms with Crippen LogP contribution in [0.2, 0.25) is 5.02 Å². The van der Waals surface area contributed by atoms with Gasteiger partial charge in [-0.15, -0.1) is 0 Å². The Bertz CT molecular complexity index is 636. The number of nitrogens with zero attached hydrogens (tertiary/aromatic N) is 1. The van der Waals surface area contributed by atoms with Crippen molar-refractivity contribution in [3.8, 4) is 0 Å². The Balaban J connectivity index is 1.74. The molecule has 2 N–H and O–H groups in total. The SMILES string of the molecule is CNC(=O)COC(=O)NCC1CCN(C(C)c2ccc(F)cc2Cl)CC1. The molecule has 2 rings (SSSR count). The second kappa shape index (κ2) is 9.73. The first-order valence-electron chi connectivity index (χ1n) is 8.71. The molecule has 1 saturated heterocycles. The Morgan fingerprint density at radius 3 is 2.69 bits per heavy atom. The van der Waals surface area contributed by atoms with Gasteiger partial charge in [-0.1, -0.05) is 17.7 Å². The van der Waals surface area contributed by atoms with Gasteiger partial charge in [0, 0.05) is 24.7 Å². The molecule has 1 aliphatic heterocycles. The quantitative estimate of drug-likeness (QED) is 0.789. The lowest BCUT2D eigenvalue weighted by Gasteiger charge is -2.36. The van der Waals surface area contributed by atoms with Crippen LogP contribution in [0.15, 0.2) is 18.2 Å². The number of piperidine rings is 1. The molecule has 2 amide bonds. The molecule has 1 aliphatic rings. The summed E-state index contributed by atoms with van der Waals surface area (Å²) in [6.45, 7) is 4.04. The van der Waals surface area contributed by atoms with Crippen LogP contribution in [0.5, 0.6) is 0 Å². The predicted octanol–water partition coefficient (Wildman–Crippen LogP) is 2.72. The van der Waals surface area contributed by atoms with Gasteiger partial charge < -0.3 is 15.4 Å². The zero-order chi connectivity index (χ0) is 19.1. The van der Waals surface area contributed by atoms with Crippen LogP contribution in [0.1, 0.15) is 31.4 Å². The summed E-state index contributed by atoms with van der Waals surface area (Å²) < 4.78 is 18.0. The molecule has 0 spiro atoms. The molecule has 1 atom stereocenters. The third kappa shape index (κ3) is 5.85. The van der Waals surface area contributed by atoms with E-state index < -0.39 is 6.09 Å². The van der Waals surface area contributed by atoms with Crippen LogP contribution in [-0.4, -0.2) is 50.2 Å². The Labute approximate surface area is 158 Å². The molecule has 1 fully saturated rings. The first-order chi connectivity index (χ1) is 12.4. The maximum Gasteiger partial charge on any atom is 0.407 e. The van der Waals surface area contributed by atoms with Gasteiger partial charge in [-0.05, 0) is 56.5 Å². The average molecular weight is 386 g/mol. The molecule has 0 saturated carbocycles. The number of carbonyl (C=O) groups is 2. The second-order valence-electron chi connectivity index (χ2n) is 6.45. The minimum atomic E-state index is -0.581. The number of amides is 2. The van der Waals surface area contributed by atoms with E-state index in [-0.39, 0.29) is 24.4 Å². The molecule has 1 unspecified atom stereocenters. The van der Waals surface area contributed by atoms with Crippen molar-refractivity contribution in [2.45, 2.75) is 25.8 Å². The number of hydrogen-bond acceptors (Lipinski definition) is 4. The lowest BCUT2D eigenvalue weighted by atomic mass is 9.94. The maximum atomic E-state index is 13.2. The fourth-order valence-corrected chi connectivity index (χ4v) is 3.39. The molecular formula is C18H25ClFN3O3. The normalized spacial score (nSPS) is 16.8. The summed E-state index contributed by atoms with van der Waals surface area (Å²) in [5.74, 6) is -0.323. The Morgan fingerprint density at radius 2 is 2.08 bits per heavy atom. The van der Waals surface area contributed by atoms with Crippen molar-refractivity contribution in [3.63, 3.8) is 0 Å². The molecule has 8 heteroatoms. The number of hydrogen-bond donors (Lipinski definition) is 2. The van der Waals surface area contributed by atoms with Crippen LogP contribution in [0.4, 0.5) is 9.18 Å². The van der Waals surface area contributed by atoms with Gasteiger partial charge in [-0.3, -0.25) is 9.69 Å². The number of likely N-dealkylation sites (tertiary alicyclic amines) is 1. The number of nitrogens with one attached hydrogen (secondary N) is 2. The lowest BCUT2D eigenvalue weighted by molar-refractivity contribution is -0.123. The van der Waals surface area contributed by atoms with Crippen LogP contribution < -0.4 is 10.6 Å². The van der Waals surface area contributed by atoms with E-state index in [1.54, 1.807) is 6.07 Å². The molecule has 0 aromatic heterocycles. The third-order valence-corrected chi connectivity index (χ3v) is 5.09. The lowest BCUT2D eigenvalue weighted by Crippen LogP contribution is -2.40.